The molecule has 2 aliphatic rings. The van der Waals surface area contributed by atoms with Gasteiger partial charge < -0.3 is 10.1 Å². The van der Waals surface area contributed by atoms with Gasteiger partial charge in [-0.3, -0.25) is 4.90 Å². The van der Waals surface area contributed by atoms with Crippen LogP contribution in [-0.4, -0.2) is 37.7 Å². The summed E-state index contributed by atoms with van der Waals surface area (Å²) in [7, 11) is 0. The van der Waals surface area contributed by atoms with Crippen molar-refractivity contribution in [3.05, 3.63) is 70.5 Å². The molecule has 1 aliphatic heterocycles. The minimum atomic E-state index is -4.58. The molecule has 29 heavy (non-hydrogen) atoms. The zero-order chi connectivity index (χ0) is 20.5. The molecule has 1 fully saturated rings. The molecule has 1 atom stereocenters. The molecule has 4 rings (SSSR count). The molecule has 7 heteroatoms. The molecule has 0 amide bonds. The van der Waals surface area contributed by atoms with E-state index in [9.17, 15) is 17.6 Å². The molecule has 2 aromatic rings. The van der Waals surface area contributed by atoms with Gasteiger partial charge in [-0.1, -0.05) is 24.3 Å². The number of aryl methyl sites for hydroxylation is 1. The van der Waals surface area contributed by atoms with E-state index in [1.54, 1.807) is 0 Å². The molecule has 1 heterocycles. The Kier molecular flexibility index (Phi) is 5.64. The van der Waals surface area contributed by atoms with Crippen molar-refractivity contribution < 1.29 is 22.3 Å². The summed E-state index contributed by atoms with van der Waals surface area (Å²) in [6, 6.07) is 10.9. The van der Waals surface area contributed by atoms with Crippen molar-refractivity contribution in [2.45, 2.75) is 31.2 Å². The normalized spacial score (nSPS) is 22.6. The second-order valence-corrected chi connectivity index (χ2v) is 7.76. The van der Waals surface area contributed by atoms with Crippen LogP contribution in [0.25, 0.3) is 0 Å². The van der Waals surface area contributed by atoms with Crippen molar-refractivity contribution in [1.82, 2.24) is 10.2 Å². The van der Waals surface area contributed by atoms with E-state index in [1.807, 2.05) is 12.1 Å². The first kappa shape index (κ1) is 20.3. The number of hydrogen-bond donors (Lipinski definition) is 1. The number of alkyl halides is 3. The number of nitrogens with zero attached hydrogens (tertiary/aromatic N) is 1. The van der Waals surface area contributed by atoms with E-state index in [0.717, 1.165) is 51.2 Å². The number of halogens is 4. The van der Waals surface area contributed by atoms with Crippen molar-refractivity contribution in [3.63, 3.8) is 0 Å². The Morgan fingerprint density at radius 1 is 1.07 bits per heavy atom. The number of rotatable bonds is 5. The maximum atomic E-state index is 13.7. The molecular formula is C22H24F4N2O. The molecular weight excluding hydrogens is 384 g/mol. The molecule has 1 unspecified atom stereocenters. The molecule has 1 aliphatic carbocycles. The number of nitrogens with one attached hydrogen (secondary N) is 1. The third-order valence-electron chi connectivity index (χ3n) is 5.94. The Hall–Kier alpha value is -1.96. The van der Waals surface area contributed by atoms with Crippen LogP contribution in [0.4, 0.5) is 17.6 Å². The van der Waals surface area contributed by atoms with Crippen LogP contribution in [0.15, 0.2) is 42.5 Å². The molecule has 1 N–H and O–H groups in total. The quantitative estimate of drug-likeness (QED) is 0.754. The minimum Gasteiger partial charge on any atom is -0.374 e. The lowest BCUT2D eigenvalue weighted by Crippen LogP contribution is -2.55. The van der Waals surface area contributed by atoms with E-state index in [2.05, 4.69) is 22.3 Å². The summed E-state index contributed by atoms with van der Waals surface area (Å²) in [4.78, 5) is 2.42. The second-order valence-electron chi connectivity index (χ2n) is 7.76. The predicted octanol–water partition coefficient (Wildman–Crippen LogP) is 4.11. The molecule has 3 nitrogen and oxygen atoms in total. The molecule has 0 radical (unpaired) electrons. The van der Waals surface area contributed by atoms with Crippen LogP contribution >= 0.6 is 0 Å². The first-order valence-corrected chi connectivity index (χ1v) is 9.87. The standard InChI is InChI=1S/C22H24F4N2O/c23-19-12-16(11-18(13-19)22(24,25)26)14-29-15-21(28-9-7-27-8-10-28)6-5-17-3-1-2-4-20(17)21/h1-4,11-13,27H,5-10,14-15H2. The van der Waals surface area contributed by atoms with Crippen LogP contribution in [0.1, 0.15) is 28.7 Å². The summed E-state index contributed by atoms with van der Waals surface area (Å²) in [5.74, 6) is -0.901. The molecule has 2 aromatic carbocycles. The van der Waals surface area contributed by atoms with Crippen LogP contribution in [0.5, 0.6) is 0 Å². The molecule has 0 bridgehead atoms. The summed E-state index contributed by atoms with van der Waals surface area (Å²) in [6.45, 7) is 3.86. The molecule has 0 spiro atoms. The zero-order valence-corrected chi connectivity index (χ0v) is 16.1. The summed E-state index contributed by atoms with van der Waals surface area (Å²) in [5.41, 5.74) is 1.44. The predicted molar refractivity (Wildman–Crippen MR) is 102 cm³/mol. The summed E-state index contributed by atoms with van der Waals surface area (Å²) < 4.78 is 58.5. The largest absolute Gasteiger partial charge is 0.416 e. The van der Waals surface area contributed by atoms with Gasteiger partial charge in [-0.25, -0.2) is 4.39 Å². The van der Waals surface area contributed by atoms with Crippen LogP contribution in [-0.2, 0) is 29.5 Å². The van der Waals surface area contributed by atoms with Gasteiger partial charge in [-0.15, -0.1) is 0 Å². The van der Waals surface area contributed by atoms with Crippen molar-refractivity contribution in [3.8, 4) is 0 Å². The van der Waals surface area contributed by atoms with Crippen molar-refractivity contribution in [2.24, 2.45) is 0 Å². The van der Waals surface area contributed by atoms with Gasteiger partial charge in [0.15, 0.2) is 0 Å². The second kappa shape index (κ2) is 8.05. The summed E-state index contributed by atoms with van der Waals surface area (Å²) in [5, 5.41) is 3.36. The van der Waals surface area contributed by atoms with Crippen LogP contribution < -0.4 is 5.32 Å². The lowest BCUT2D eigenvalue weighted by molar-refractivity contribution is -0.137. The van der Waals surface area contributed by atoms with E-state index in [-0.39, 0.29) is 17.7 Å². The minimum absolute atomic E-state index is 0.0587. The number of ether oxygens (including phenoxy) is 1. The average molecular weight is 408 g/mol. The highest BCUT2D eigenvalue weighted by Crippen LogP contribution is 2.42. The SMILES string of the molecule is Fc1cc(COCC2(N3CCNCC3)CCc3ccccc32)cc(C(F)(F)F)c1. The zero-order valence-electron chi connectivity index (χ0n) is 16.1. The van der Waals surface area contributed by atoms with Crippen molar-refractivity contribution >= 4 is 0 Å². The maximum Gasteiger partial charge on any atom is 0.416 e. The topological polar surface area (TPSA) is 24.5 Å². The van der Waals surface area contributed by atoms with E-state index in [4.69, 9.17) is 4.74 Å². The monoisotopic (exact) mass is 408 g/mol. The number of fused-ring (bicyclic) bond motifs is 1. The molecule has 156 valence electrons. The summed E-state index contributed by atoms with van der Waals surface area (Å²) >= 11 is 0. The molecule has 0 aromatic heterocycles. The van der Waals surface area contributed by atoms with E-state index in [0.29, 0.717) is 12.7 Å². The maximum absolute atomic E-state index is 13.7. The Morgan fingerprint density at radius 2 is 1.83 bits per heavy atom. The van der Waals surface area contributed by atoms with Gasteiger partial charge in [0.1, 0.15) is 5.82 Å². The van der Waals surface area contributed by atoms with Crippen molar-refractivity contribution in [1.29, 1.82) is 0 Å². The third-order valence-corrected chi connectivity index (χ3v) is 5.94. The first-order chi connectivity index (χ1) is 13.9. The van der Waals surface area contributed by atoms with Gasteiger partial charge >= 0.3 is 6.18 Å². The van der Waals surface area contributed by atoms with E-state index >= 15 is 0 Å². The average Bonchev–Trinajstić information content (AvgIpc) is 3.08. The lowest BCUT2D eigenvalue weighted by Gasteiger charge is -2.44. The van der Waals surface area contributed by atoms with Gasteiger partial charge in [0.2, 0.25) is 0 Å². The third kappa shape index (κ3) is 4.17. The Balaban J connectivity index is 1.54. The van der Waals surface area contributed by atoms with Crippen LogP contribution in [0.2, 0.25) is 0 Å². The fourth-order valence-electron chi connectivity index (χ4n) is 4.57. The van der Waals surface area contributed by atoms with E-state index in [1.165, 1.54) is 11.1 Å². The molecule has 1 saturated heterocycles. The number of hydrogen-bond acceptors (Lipinski definition) is 3. The van der Waals surface area contributed by atoms with Gasteiger partial charge in [-0.05, 0) is 47.7 Å². The molecule has 0 saturated carbocycles. The van der Waals surface area contributed by atoms with Gasteiger partial charge in [0.05, 0.1) is 24.3 Å². The highest BCUT2D eigenvalue weighted by Gasteiger charge is 2.44. The highest BCUT2D eigenvalue weighted by molar-refractivity contribution is 5.39. The first-order valence-electron chi connectivity index (χ1n) is 9.87. The Bertz CT molecular complexity index is 864. The fraction of sp³-hybridized carbons (Fsp3) is 0.455. The van der Waals surface area contributed by atoms with Gasteiger partial charge in [0, 0.05) is 26.2 Å². The number of benzene rings is 2. The van der Waals surface area contributed by atoms with E-state index < -0.39 is 17.6 Å². The van der Waals surface area contributed by atoms with Gasteiger partial charge in [0.25, 0.3) is 0 Å². The van der Waals surface area contributed by atoms with Crippen LogP contribution in [0, 0.1) is 5.82 Å². The highest BCUT2D eigenvalue weighted by atomic mass is 19.4. The Morgan fingerprint density at radius 3 is 2.59 bits per heavy atom. The van der Waals surface area contributed by atoms with Crippen molar-refractivity contribution in [2.75, 3.05) is 32.8 Å². The smallest absolute Gasteiger partial charge is 0.374 e. The summed E-state index contributed by atoms with van der Waals surface area (Å²) in [6.07, 6.45) is -2.73. The lowest BCUT2D eigenvalue weighted by atomic mass is 9.89. The number of piperazine rings is 1. The van der Waals surface area contributed by atoms with Gasteiger partial charge in [-0.2, -0.15) is 13.2 Å². The van der Waals surface area contributed by atoms with Crippen LogP contribution in [0.3, 0.4) is 0 Å². The Labute approximate surface area is 167 Å². The fourth-order valence-corrected chi connectivity index (χ4v) is 4.57.